The minimum absolute atomic E-state index is 0.00525. The van der Waals surface area contributed by atoms with Gasteiger partial charge in [0.2, 0.25) is 5.91 Å². The summed E-state index contributed by atoms with van der Waals surface area (Å²) < 4.78 is 0. The third kappa shape index (κ3) is 1.56. The van der Waals surface area contributed by atoms with Crippen LogP contribution in [-0.4, -0.2) is 23.0 Å². The molecule has 0 spiro atoms. The van der Waals surface area contributed by atoms with Crippen molar-refractivity contribution < 1.29 is 14.7 Å². The second kappa shape index (κ2) is 3.63. The highest BCUT2D eigenvalue weighted by Gasteiger charge is 2.29. The Bertz CT molecular complexity index is 467. The van der Waals surface area contributed by atoms with Gasteiger partial charge >= 0.3 is 5.97 Å². The van der Waals surface area contributed by atoms with Gasteiger partial charge in [-0.25, -0.2) is 4.79 Å². The van der Waals surface area contributed by atoms with E-state index in [0.29, 0.717) is 0 Å². The zero-order valence-electron chi connectivity index (χ0n) is 9.23. The monoisotopic (exact) mass is 219 g/mol. The molecule has 0 unspecified atom stereocenters. The van der Waals surface area contributed by atoms with Gasteiger partial charge in [-0.2, -0.15) is 0 Å². The maximum atomic E-state index is 11.4. The van der Waals surface area contributed by atoms with Crippen molar-refractivity contribution in [2.24, 2.45) is 0 Å². The predicted octanol–water partition coefficient (Wildman–Crippen LogP) is 1.68. The van der Waals surface area contributed by atoms with Gasteiger partial charge in [0.25, 0.3) is 0 Å². The lowest BCUT2D eigenvalue weighted by Crippen LogP contribution is -2.33. The number of nitrogens with zero attached hydrogens (tertiary/aromatic N) is 1. The maximum absolute atomic E-state index is 11.4. The largest absolute Gasteiger partial charge is 0.478 e. The molecule has 0 saturated carbocycles. The van der Waals surface area contributed by atoms with Gasteiger partial charge in [-0.3, -0.25) is 4.79 Å². The lowest BCUT2D eigenvalue weighted by molar-refractivity contribution is -0.116. The van der Waals surface area contributed by atoms with Crippen LogP contribution in [0.1, 0.15) is 29.8 Å². The van der Waals surface area contributed by atoms with Crippen LogP contribution in [0.5, 0.6) is 0 Å². The standard InChI is InChI=1S/C12H13NO3/c1-7-5-10-6-9(12(15)16)3-4-11(10)13(7)8(2)14/h3-4,6-7H,5H2,1-2H3,(H,15,16)/t7-/m0/s1. The van der Waals surface area contributed by atoms with E-state index in [2.05, 4.69) is 0 Å². The third-order valence-corrected chi connectivity index (χ3v) is 2.88. The molecule has 1 atom stereocenters. The summed E-state index contributed by atoms with van der Waals surface area (Å²) in [5.41, 5.74) is 2.05. The van der Waals surface area contributed by atoms with Gasteiger partial charge in [0.1, 0.15) is 0 Å². The Morgan fingerprint density at radius 1 is 1.44 bits per heavy atom. The fraction of sp³-hybridized carbons (Fsp3) is 0.333. The molecule has 0 saturated heterocycles. The molecule has 84 valence electrons. The zero-order valence-corrected chi connectivity index (χ0v) is 9.23. The van der Waals surface area contributed by atoms with Crippen LogP contribution in [-0.2, 0) is 11.2 Å². The molecule has 1 aromatic carbocycles. The molecule has 4 heteroatoms. The first-order chi connectivity index (χ1) is 7.50. The quantitative estimate of drug-likeness (QED) is 0.781. The summed E-state index contributed by atoms with van der Waals surface area (Å²) >= 11 is 0. The van der Waals surface area contributed by atoms with E-state index in [1.54, 1.807) is 17.0 Å². The lowest BCUT2D eigenvalue weighted by Gasteiger charge is -2.20. The number of carbonyl (C=O) groups excluding carboxylic acids is 1. The third-order valence-electron chi connectivity index (χ3n) is 2.88. The van der Waals surface area contributed by atoms with Crippen LogP contribution in [0.3, 0.4) is 0 Å². The molecule has 1 N–H and O–H groups in total. The number of hydrogen-bond acceptors (Lipinski definition) is 2. The number of amides is 1. The van der Waals surface area contributed by atoms with Crippen molar-refractivity contribution in [1.29, 1.82) is 0 Å². The van der Waals surface area contributed by atoms with Crippen LogP contribution >= 0.6 is 0 Å². The molecule has 1 aromatic rings. The smallest absolute Gasteiger partial charge is 0.335 e. The minimum atomic E-state index is -0.934. The van der Waals surface area contributed by atoms with Crippen molar-refractivity contribution in [3.05, 3.63) is 29.3 Å². The Hall–Kier alpha value is -1.84. The number of carboxylic acids is 1. The second-order valence-electron chi connectivity index (χ2n) is 4.09. The number of carbonyl (C=O) groups is 2. The summed E-state index contributed by atoms with van der Waals surface area (Å²) in [5, 5.41) is 8.88. The molecule has 4 nitrogen and oxygen atoms in total. The van der Waals surface area contributed by atoms with Crippen molar-refractivity contribution in [2.75, 3.05) is 4.90 Å². The van der Waals surface area contributed by atoms with Crippen molar-refractivity contribution in [1.82, 2.24) is 0 Å². The molecule has 1 heterocycles. The molecule has 0 radical (unpaired) electrons. The molecule has 0 fully saturated rings. The van der Waals surface area contributed by atoms with Gasteiger partial charge in [-0.1, -0.05) is 0 Å². The molecular weight excluding hydrogens is 206 g/mol. The van der Waals surface area contributed by atoms with Gasteiger partial charge < -0.3 is 10.0 Å². The summed E-state index contributed by atoms with van der Waals surface area (Å²) in [6.45, 7) is 3.48. The van der Waals surface area contributed by atoms with Crippen molar-refractivity contribution in [3.63, 3.8) is 0 Å². The Kier molecular flexibility index (Phi) is 2.42. The fourth-order valence-corrected chi connectivity index (χ4v) is 2.24. The lowest BCUT2D eigenvalue weighted by atomic mass is 10.1. The van der Waals surface area contributed by atoms with Crippen LogP contribution in [0, 0.1) is 0 Å². The molecule has 0 bridgehead atoms. The first-order valence-electron chi connectivity index (χ1n) is 5.16. The first kappa shape index (κ1) is 10.7. The fourth-order valence-electron chi connectivity index (χ4n) is 2.24. The Morgan fingerprint density at radius 3 is 2.69 bits per heavy atom. The highest BCUT2D eigenvalue weighted by atomic mass is 16.4. The average Bonchev–Trinajstić information content (AvgIpc) is 2.51. The van der Waals surface area contributed by atoms with Crippen LogP contribution in [0.2, 0.25) is 0 Å². The van der Waals surface area contributed by atoms with Crippen LogP contribution in [0.15, 0.2) is 18.2 Å². The van der Waals surface area contributed by atoms with E-state index < -0.39 is 5.97 Å². The average molecular weight is 219 g/mol. The highest BCUT2D eigenvalue weighted by molar-refractivity contribution is 5.96. The maximum Gasteiger partial charge on any atom is 0.335 e. The number of hydrogen-bond donors (Lipinski definition) is 1. The number of fused-ring (bicyclic) bond motifs is 1. The normalized spacial score (nSPS) is 18.4. The number of benzene rings is 1. The van der Waals surface area contributed by atoms with Crippen molar-refractivity contribution >= 4 is 17.6 Å². The zero-order chi connectivity index (χ0) is 11.9. The summed E-state index contributed by atoms with van der Waals surface area (Å²) in [4.78, 5) is 24.0. The highest BCUT2D eigenvalue weighted by Crippen LogP contribution is 2.32. The van der Waals surface area contributed by atoms with E-state index in [4.69, 9.17) is 5.11 Å². The van der Waals surface area contributed by atoms with Crippen molar-refractivity contribution in [2.45, 2.75) is 26.3 Å². The van der Waals surface area contributed by atoms with Crippen LogP contribution < -0.4 is 4.90 Å². The van der Waals surface area contributed by atoms with E-state index in [-0.39, 0.29) is 17.5 Å². The number of anilines is 1. The van der Waals surface area contributed by atoms with Crippen molar-refractivity contribution in [3.8, 4) is 0 Å². The Morgan fingerprint density at radius 2 is 2.12 bits per heavy atom. The Balaban J connectivity index is 2.46. The Labute approximate surface area is 93.5 Å². The molecular formula is C12H13NO3. The van der Waals surface area contributed by atoms with Gasteiger partial charge in [0.15, 0.2) is 0 Å². The molecule has 1 aliphatic heterocycles. The summed E-state index contributed by atoms with van der Waals surface area (Å²) in [7, 11) is 0. The van der Waals surface area contributed by atoms with Crippen LogP contribution in [0.4, 0.5) is 5.69 Å². The number of carboxylic acid groups (broad SMARTS) is 1. The van der Waals surface area contributed by atoms with E-state index in [1.165, 1.54) is 13.0 Å². The summed E-state index contributed by atoms with van der Waals surface area (Å²) in [6, 6.07) is 5.01. The molecule has 2 rings (SSSR count). The molecule has 16 heavy (non-hydrogen) atoms. The summed E-state index contributed by atoms with van der Waals surface area (Å²) in [6.07, 6.45) is 0.718. The second-order valence-corrected chi connectivity index (χ2v) is 4.09. The number of aromatic carboxylic acids is 1. The summed E-state index contributed by atoms with van der Waals surface area (Å²) in [5.74, 6) is -0.939. The molecule has 0 aromatic heterocycles. The predicted molar refractivity (Wildman–Crippen MR) is 59.7 cm³/mol. The van der Waals surface area contributed by atoms with Gasteiger partial charge in [0, 0.05) is 18.7 Å². The first-order valence-corrected chi connectivity index (χ1v) is 5.16. The topological polar surface area (TPSA) is 57.6 Å². The number of rotatable bonds is 1. The van der Waals surface area contributed by atoms with Crippen LogP contribution in [0.25, 0.3) is 0 Å². The van der Waals surface area contributed by atoms with Gasteiger partial charge in [0.05, 0.1) is 5.56 Å². The van der Waals surface area contributed by atoms with E-state index in [1.807, 2.05) is 6.92 Å². The minimum Gasteiger partial charge on any atom is -0.478 e. The van der Waals surface area contributed by atoms with Gasteiger partial charge in [-0.15, -0.1) is 0 Å². The van der Waals surface area contributed by atoms with E-state index >= 15 is 0 Å². The SMILES string of the molecule is CC(=O)N1c2ccc(C(=O)O)cc2C[C@@H]1C. The molecule has 0 aliphatic carbocycles. The molecule has 1 amide bonds. The van der Waals surface area contributed by atoms with Gasteiger partial charge in [-0.05, 0) is 37.1 Å². The van der Waals surface area contributed by atoms with E-state index in [9.17, 15) is 9.59 Å². The molecule has 1 aliphatic rings. The van der Waals surface area contributed by atoms with E-state index in [0.717, 1.165) is 17.7 Å².